The minimum atomic E-state index is -1.37. The molecule has 2 aliphatic heterocycles. The minimum Gasteiger partial charge on any atom is -0.480 e. The Labute approximate surface area is 378 Å². The molecular formula is C47H72N6O11. The minimum absolute atomic E-state index is 0.0850. The number of rotatable bonds is 26. The van der Waals surface area contributed by atoms with Gasteiger partial charge >= 0.3 is 5.97 Å². The van der Waals surface area contributed by atoms with Gasteiger partial charge < -0.3 is 40.3 Å². The number of amides is 7. The molecule has 0 spiro atoms. The van der Waals surface area contributed by atoms with E-state index in [1.54, 1.807) is 61.9 Å². The Hall–Kier alpha value is -5.16. The average molecular weight is 897 g/mol. The van der Waals surface area contributed by atoms with Gasteiger partial charge in [0, 0.05) is 59.4 Å². The van der Waals surface area contributed by atoms with Crippen LogP contribution in [-0.4, -0.2) is 143 Å². The maximum Gasteiger partial charge on any atom is 0.326 e. The zero-order valence-corrected chi connectivity index (χ0v) is 39.4. The average Bonchev–Trinajstić information content (AvgIpc) is 3.87. The first-order chi connectivity index (χ1) is 30.2. The van der Waals surface area contributed by atoms with E-state index in [0.717, 1.165) is 10.5 Å². The largest absolute Gasteiger partial charge is 0.480 e. The predicted octanol–water partition coefficient (Wildman–Crippen LogP) is 3.24. The molecule has 1 aromatic carbocycles. The highest BCUT2D eigenvalue weighted by atomic mass is 16.5. The van der Waals surface area contributed by atoms with Gasteiger partial charge in [0.05, 0.1) is 36.6 Å². The fourth-order valence-electron chi connectivity index (χ4n) is 8.57. The highest BCUT2D eigenvalue weighted by Crippen LogP contribution is 2.30. The van der Waals surface area contributed by atoms with Crippen molar-refractivity contribution in [2.75, 3.05) is 34.4 Å². The van der Waals surface area contributed by atoms with Gasteiger partial charge in [-0.2, -0.15) is 0 Å². The first kappa shape index (κ1) is 53.2. The molecule has 1 unspecified atom stereocenters. The zero-order valence-electron chi connectivity index (χ0n) is 39.4. The number of imide groups is 1. The van der Waals surface area contributed by atoms with E-state index in [9.17, 15) is 43.5 Å². The summed E-state index contributed by atoms with van der Waals surface area (Å²) < 4.78 is 11.9. The lowest BCUT2D eigenvalue weighted by Crippen LogP contribution is -2.62. The van der Waals surface area contributed by atoms with Crippen LogP contribution in [0.25, 0.3) is 0 Å². The molecule has 2 heterocycles. The highest BCUT2D eigenvalue weighted by Gasteiger charge is 2.44. The Kier molecular flexibility index (Phi) is 20.6. The second-order valence-corrected chi connectivity index (χ2v) is 18.0. The number of carboxylic acid groups (broad SMARTS) is 1. The number of ether oxygens (including phenoxy) is 2. The third-order valence-electron chi connectivity index (χ3n) is 12.6. The van der Waals surface area contributed by atoms with Crippen molar-refractivity contribution in [1.29, 1.82) is 0 Å². The molecule has 0 bridgehead atoms. The third kappa shape index (κ3) is 14.4. The molecule has 1 saturated heterocycles. The molecule has 1 fully saturated rings. The molecule has 0 aliphatic carbocycles. The molecule has 356 valence electrons. The third-order valence-corrected chi connectivity index (χ3v) is 12.6. The number of unbranched alkanes of at least 4 members (excludes halogenated alkanes) is 2. The van der Waals surface area contributed by atoms with Crippen LogP contribution in [0.3, 0.4) is 0 Å². The van der Waals surface area contributed by atoms with E-state index >= 15 is 0 Å². The molecule has 0 radical (unpaired) electrons. The van der Waals surface area contributed by atoms with Gasteiger partial charge in [0.15, 0.2) is 0 Å². The van der Waals surface area contributed by atoms with E-state index in [0.29, 0.717) is 45.1 Å². The maximum absolute atomic E-state index is 14.4. The number of aliphatic carboxylic acids is 1. The fraction of sp³-hybridized carbons (Fsp3) is 0.660. The molecule has 64 heavy (non-hydrogen) atoms. The van der Waals surface area contributed by atoms with Gasteiger partial charge in [0.25, 0.3) is 11.8 Å². The molecule has 8 atom stereocenters. The van der Waals surface area contributed by atoms with E-state index < -0.39 is 65.6 Å². The van der Waals surface area contributed by atoms with Crippen LogP contribution in [0.15, 0.2) is 42.5 Å². The molecule has 7 amide bonds. The number of carbonyl (C=O) groups excluding carboxylic acids is 7. The van der Waals surface area contributed by atoms with E-state index in [2.05, 4.69) is 16.0 Å². The van der Waals surface area contributed by atoms with Crippen molar-refractivity contribution in [3.63, 3.8) is 0 Å². The van der Waals surface area contributed by atoms with Crippen molar-refractivity contribution in [1.82, 2.24) is 30.7 Å². The lowest BCUT2D eigenvalue weighted by molar-refractivity contribution is -0.148. The summed E-state index contributed by atoms with van der Waals surface area (Å²) in [4.78, 5) is 109. The van der Waals surface area contributed by atoms with Crippen LogP contribution in [-0.2, 0) is 54.3 Å². The van der Waals surface area contributed by atoms with Crippen LogP contribution in [0.5, 0.6) is 0 Å². The van der Waals surface area contributed by atoms with Crippen LogP contribution in [0, 0.1) is 17.8 Å². The Morgan fingerprint density at radius 3 is 2.12 bits per heavy atom. The lowest BCUT2D eigenvalue weighted by Gasteiger charge is -2.41. The Bertz CT molecular complexity index is 1800. The standard InChI is InChI=1S/C47H72N6O11/c1-11-30(4)41(51(8)44(59)40(29(2)3)49-46(62)47(6,7)50-36(54)22-16-13-17-25-53-37(55)23-24-38(53)56)35(63-9)28-39(57)52-26-18-21-34(52)42(64-10)31(5)43(58)48-33(45(60)61)27-32-19-14-12-15-20-32/h12,14-15,19-20,23-24,29-31,33-35,40-42H,11,13,16-18,21-22,25-28H2,1-10H3,(H,48,58)(H,49,62)(H,50,54)(H,60,61)/t30-,31+,33-,34-,35+,40?,41-,42+/m0/s1. The monoisotopic (exact) mass is 897 g/mol. The SMILES string of the molecule is CC[C@H](C)[C@@H]([C@@H](CC(=O)N1CCC[C@H]1[C@H](OC)[C@@H](C)C(=O)N[C@@H](Cc1ccccc1)C(=O)O)OC)N(C)C(=O)C(NC(=O)C(C)(C)NC(=O)CCCCCN1C(=O)C=CC1=O)C(C)C. The summed E-state index contributed by atoms with van der Waals surface area (Å²) in [5.74, 6) is -5.19. The normalized spacial score (nSPS) is 18.5. The second-order valence-electron chi connectivity index (χ2n) is 18.0. The van der Waals surface area contributed by atoms with E-state index in [-0.39, 0.29) is 67.2 Å². The quantitative estimate of drug-likeness (QED) is 0.0781. The summed E-state index contributed by atoms with van der Waals surface area (Å²) in [5.41, 5.74) is -0.608. The summed E-state index contributed by atoms with van der Waals surface area (Å²) >= 11 is 0. The number of likely N-dealkylation sites (N-methyl/N-ethyl adjacent to an activating group) is 1. The van der Waals surface area contributed by atoms with Gasteiger partial charge in [0.2, 0.25) is 29.5 Å². The molecule has 0 saturated carbocycles. The van der Waals surface area contributed by atoms with Crippen molar-refractivity contribution in [2.45, 2.75) is 148 Å². The summed E-state index contributed by atoms with van der Waals surface area (Å²) in [6.45, 7) is 13.0. The Morgan fingerprint density at radius 2 is 1.56 bits per heavy atom. The van der Waals surface area contributed by atoms with E-state index in [1.165, 1.54) is 26.4 Å². The fourth-order valence-corrected chi connectivity index (χ4v) is 8.57. The van der Waals surface area contributed by atoms with Crippen molar-refractivity contribution in [3.05, 3.63) is 48.0 Å². The first-order valence-electron chi connectivity index (χ1n) is 22.5. The summed E-state index contributed by atoms with van der Waals surface area (Å²) in [7, 11) is 4.60. The second kappa shape index (κ2) is 24.8. The molecule has 2 aliphatic rings. The van der Waals surface area contributed by atoms with Crippen molar-refractivity contribution >= 4 is 47.3 Å². The first-order valence-corrected chi connectivity index (χ1v) is 22.5. The topological polar surface area (TPSA) is 221 Å². The Morgan fingerprint density at radius 1 is 0.922 bits per heavy atom. The van der Waals surface area contributed by atoms with Gasteiger partial charge in [-0.1, -0.05) is 77.8 Å². The summed E-state index contributed by atoms with van der Waals surface area (Å²) in [6.07, 6.45) is 4.61. The predicted molar refractivity (Wildman–Crippen MR) is 239 cm³/mol. The smallest absolute Gasteiger partial charge is 0.326 e. The van der Waals surface area contributed by atoms with Crippen LogP contribution in [0.2, 0.25) is 0 Å². The number of hydrogen-bond acceptors (Lipinski definition) is 10. The van der Waals surface area contributed by atoms with Gasteiger partial charge in [-0.05, 0) is 56.9 Å². The van der Waals surface area contributed by atoms with Gasteiger partial charge in [-0.15, -0.1) is 0 Å². The number of nitrogens with one attached hydrogen (secondary N) is 3. The van der Waals surface area contributed by atoms with Gasteiger partial charge in [-0.3, -0.25) is 38.5 Å². The summed E-state index contributed by atoms with van der Waals surface area (Å²) in [5, 5.41) is 18.2. The van der Waals surface area contributed by atoms with Gasteiger partial charge in [-0.25, -0.2) is 4.79 Å². The number of nitrogens with zero attached hydrogens (tertiary/aromatic N) is 3. The molecule has 17 heteroatoms. The highest BCUT2D eigenvalue weighted by molar-refractivity contribution is 6.12. The van der Waals surface area contributed by atoms with Crippen molar-refractivity contribution in [3.8, 4) is 0 Å². The molecule has 17 nitrogen and oxygen atoms in total. The van der Waals surface area contributed by atoms with Crippen LogP contribution in [0.1, 0.15) is 105 Å². The van der Waals surface area contributed by atoms with Crippen molar-refractivity contribution < 1.29 is 52.9 Å². The number of methoxy groups -OCH3 is 2. The van der Waals surface area contributed by atoms with Crippen molar-refractivity contribution in [2.24, 2.45) is 17.8 Å². The Balaban J connectivity index is 1.67. The number of benzene rings is 1. The lowest BCUT2D eigenvalue weighted by atomic mass is 9.89. The molecule has 4 N–H and O–H groups in total. The molecule has 1 aromatic rings. The number of carboxylic acids is 1. The molecule has 3 rings (SSSR count). The van der Waals surface area contributed by atoms with E-state index in [4.69, 9.17) is 9.47 Å². The van der Waals surface area contributed by atoms with Crippen LogP contribution < -0.4 is 16.0 Å². The van der Waals surface area contributed by atoms with E-state index in [1.807, 2.05) is 33.8 Å². The molecule has 0 aromatic heterocycles. The van der Waals surface area contributed by atoms with Crippen LogP contribution in [0.4, 0.5) is 0 Å². The number of likely N-dealkylation sites (tertiary alicyclic amines) is 1. The summed E-state index contributed by atoms with van der Waals surface area (Å²) in [6, 6.07) is 5.81. The maximum atomic E-state index is 14.4. The molecular weight excluding hydrogens is 825 g/mol. The zero-order chi connectivity index (χ0) is 47.9. The van der Waals surface area contributed by atoms with Crippen LogP contribution >= 0.6 is 0 Å². The van der Waals surface area contributed by atoms with Gasteiger partial charge in [0.1, 0.15) is 17.6 Å². The number of carbonyl (C=O) groups is 8. The number of hydrogen-bond donors (Lipinski definition) is 4.